The predicted molar refractivity (Wildman–Crippen MR) is 201 cm³/mol. The molecule has 54 heavy (non-hydrogen) atoms. The summed E-state index contributed by atoms with van der Waals surface area (Å²) in [5.74, 6) is -1.67. The van der Waals surface area contributed by atoms with Crippen molar-refractivity contribution in [3.8, 4) is 5.75 Å². The lowest BCUT2D eigenvalue weighted by molar-refractivity contribution is -0.141. The van der Waals surface area contributed by atoms with Crippen LogP contribution in [-0.2, 0) is 36.9 Å². The molecule has 2 saturated carbocycles. The number of halogens is 1. The lowest BCUT2D eigenvalue weighted by Crippen LogP contribution is -2.58. The Balaban J connectivity index is 1.24. The number of alkyl carbamates (subject to hydrolysis) is 1. The summed E-state index contributed by atoms with van der Waals surface area (Å²) in [4.78, 5) is 62.2. The van der Waals surface area contributed by atoms with E-state index in [0.717, 1.165) is 44.1 Å². The lowest BCUT2D eigenvalue weighted by atomic mass is 9.85. The number of carbonyl (C=O) groups excluding carboxylic acids is 4. The second kappa shape index (κ2) is 14.6. The van der Waals surface area contributed by atoms with Crippen LogP contribution in [0.15, 0.2) is 30.4 Å². The Bertz CT molecular complexity index is 1870. The van der Waals surface area contributed by atoms with E-state index < -0.39 is 75.4 Å². The highest BCUT2D eigenvalue weighted by Gasteiger charge is 2.64. The minimum Gasteiger partial charge on any atom is -0.593 e. The molecule has 3 N–H and O–H groups in total. The van der Waals surface area contributed by atoms with Gasteiger partial charge in [-0.1, -0.05) is 38.0 Å². The van der Waals surface area contributed by atoms with E-state index in [0.29, 0.717) is 47.2 Å². The van der Waals surface area contributed by atoms with Crippen LogP contribution in [0.25, 0.3) is 10.9 Å². The third-order valence-corrected chi connectivity index (χ3v) is 13.5. The summed E-state index contributed by atoms with van der Waals surface area (Å²) in [7, 11) is 0. The molecule has 14 heteroatoms. The van der Waals surface area contributed by atoms with Crippen molar-refractivity contribution in [3.05, 3.63) is 47.2 Å². The molecule has 1 spiro atoms. The number of alkyl halides is 1. The van der Waals surface area contributed by atoms with Gasteiger partial charge in [-0.25, -0.2) is 14.2 Å². The van der Waals surface area contributed by atoms with Crippen molar-refractivity contribution in [2.45, 2.75) is 145 Å². The topological polar surface area (TPSA) is 162 Å². The zero-order chi connectivity index (χ0) is 38.6. The lowest BCUT2D eigenvalue weighted by Gasteiger charge is -2.38. The van der Waals surface area contributed by atoms with Crippen molar-refractivity contribution in [2.24, 2.45) is 5.92 Å². The molecular weight excluding hydrogens is 714 g/mol. The number of benzene rings is 1. The number of nitrogens with zero attached hydrogens (tertiary/aromatic N) is 2. The standard InChI is InChI=1S/C40H52FN5O7S/c1-6-25-14-15-29-27(18-25)32-28(41)20-39(53-33(32)24(4)42-29)21-31-34(47)44-40(36(49)45-54(51)38(5)16-17-38)19-26(40)12-10-8-7-9-11-13-30(35(48)46(31)22-39)43-37(50)52-23(2)3/h10,12,14-15,18,23,26,28,30-31H,6-9,11,13,16-17,19-22H2,1-5H3,(H,43,50)(H,44,47)(H,45,49)/b12-10-/t26-,28?,30+,31+,39-,40-,54?/m1/s1. The molecule has 0 radical (unpaired) electrons. The first-order chi connectivity index (χ1) is 25.7. The summed E-state index contributed by atoms with van der Waals surface area (Å²) in [6, 6.07) is 3.62. The maximum atomic E-state index is 16.8. The van der Waals surface area contributed by atoms with Gasteiger partial charge in [0.1, 0.15) is 39.9 Å². The third-order valence-electron chi connectivity index (χ3n) is 11.8. The van der Waals surface area contributed by atoms with E-state index in [2.05, 4.69) is 15.4 Å². The Kier molecular flexibility index (Phi) is 10.4. The Labute approximate surface area is 319 Å². The van der Waals surface area contributed by atoms with E-state index in [1.165, 1.54) is 4.90 Å². The average Bonchev–Trinajstić information content (AvgIpc) is 4.01. The van der Waals surface area contributed by atoms with E-state index in [-0.39, 0.29) is 25.3 Å². The van der Waals surface area contributed by atoms with Crippen LogP contribution >= 0.6 is 0 Å². The van der Waals surface area contributed by atoms with E-state index in [1.807, 2.05) is 44.2 Å². The van der Waals surface area contributed by atoms with Crippen molar-refractivity contribution >= 4 is 46.1 Å². The quantitative estimate of drug-likeness (QED) is 0.258. The van der Waals surface area contributed by atoms with Crippen LogP contribution in [0.3, 0.4) is 0 Å². The van der Waals surface area contributed by atoms with Crippen molar-refractivity contribution in [2.75, 3.05) is 6.54 Å². The Morgan fingerprint density at radius 2 is 1.96 bits per heavy atom. The van der Waals surface area contributed by atoms with Gasteiger partial charge in [0.15, 0.2) is 0 Å². The number of allylic oxidation sites excluding steroid dienone is 1. The Morgan fingerprint density at radius 3 is 2.69 bits per heavy atom. The Morgan fingerprint density at radius 1 is 1.19 bits per heavy atom. The van der Waals surface area contributed by atoms with Crippen LogP contribution in [0, 0.1) is 12.8 Å². The van der Waals surface area contributed by atoms with Gasteiger partial charge in [-0.3, -0.25) is 14.4 Å². The van der Waals surface area contributed by atoms with E-state index in [9.17, 15) is 23.7 Å². The van der Waals surface area contributed by atoms with E-state index in [1.54, 1.807) is 20.8 Å². The van der Waals surface area contributed by atoms with Gasteiger partial charge >= 0.3 is 6.09 Å². The van der Waals surface area contributed by atoms with Crippen LogP contribution in [0.4, 0.5) is 9.18 Å². The summed E-state index contributed by atoms with van der Waals surface area (Å²) in [6.45, 7) is 8.94. The third kappa shape index (κ3) is 7.39. The summed E-state index contributed by atoms with van der Waals surface area (Å²) >= 11 is -1.63. The average molecular weight is 766 g/mol. The van der Waals surface area contributed by atoms with Crippen LogP contribution in [0.2, 0.25) is 0 Å². The first kappa shape index (κ1) is 38.4. The number of amides is 4. The summed E-state index contributed by atoms with van der Waals surface area (Å²) in [5.41, 5.74) is -0.0592. The molecule has 3 fully saturated rings. The summed E-state index contributed by atoms with van der Waals surface area (Å²) in [6.07, 6.45) is 6.88. The number of aryl methyl sites for hydroxylation is 2. The molecule has 2 aliphatic carbocycles. The van der Waals surface area contributed by atoms with Gasteiger partial charge in [0, 0.05) is 42.6 Å². The monoisotopic (exact) mass is 765 g/mol. The maximum absolute atomic E-state index is 16.8. The first-order valence-electron chi connectivity index (χ1n) is 19.4. The molecule has 1 saturated heterocycles. The van der Waals surface area contributed by atoms with Crippen molar-refractivity contribution in [3.63, 3.8) is 0 Å². The van der Waals surface area contributed by atoms with E-state index >= 15 is 4.39 Å². The number of pyridine rings is 1. The highest BCUT2D eigenvalue weighted by atomic mass is 32.2. The van der Waals surface area contributed by atoms with Crippen molar-refractivity contribution in [1.29, 1.82) is 0 Å². The number of ether oxygens (including phenoxy) is 2. The van der Waals surface area contributed by atoms with Gasteiger partial charge in [-0.2, -0.15) is 4.72 Å². The molecular formula is C40H52FN5O7S. The molecule has 1 aromatic carbocycles. The number of hydrogen-bond donors (Lipinski definition) is 3. The molecule has 7 rings (SSSR count). The fourth-order valence-electron chi connectivity index (χ4n) is 8.27. The minimum absolute atomic E-state index is 0.0533. The van der Waals surface area contributed by atoms with Gasteiger partial charge in [-0.05, 0) is 77.5 Å². The Hall–Kier alpha value is -3.91. The molecule has 0 bridgehead atoms. The van der Waals surface area contributed by atoms with Crippen molar-refractivity contribution < 1.29 is 37.6 Å². The number of hydrogen-bond acceptors (Lipinski definition) is 8. The number of nitrogens with one attached hydrogen (secondary N) is 3. The predicted octanol–water partition coefficient (Wildman–Crippen LogP) is 5.47. The second-order valence-corrected chi connectivity index (χ2v) is 18.2. The normalized spacial score (nSPS) is 31.5. The number of fused-ring (bicyclic) bond motifs is 5. The smallest absolute Gasteiger partial charge is 0.408 e. The SMILES string of the molecule is CCc1ccc2nc(C)c3c(c2c1)C(F)C[C@]1(C[C@H]2C(=O)N[C@]4(C(=O)N[S+]([O-])C5(C)CC5)C[C@H]4/C=C\CCCCC[C@H](NC(=O)OC(C)C)C(=O)N2C1)O3. The van der Waals surface area contributed by atoms with Crippen LogP contribution in [-0.4, -0.2) is 78.9 Å². The minimum atomic E-state index is -1.63. The summed E-state index contributed by atoms with van der Waals surface area (Å²) < 4.78 is 44.2. The van der Waals surface area contributed by atoms with Gasteiger partial charge in [-0.15, -0.1) is 0 Å². The van der Waals surface area contributed by atoms with Gasteiger partial charge in [0.25, 0.3) is 5.91 Å². The molecule has 1 aromatic heterocycles. The molecule has 3 aliphatic heterocycles. The first-order valence-corrected chi connectivity index (χ1v) is 20.6. The molecule has 7 atom stereocenters. The molecule has 4 amide bonds. The zero-order valence-corrected chi connectivity index (χ0v) is 32.6. The van der Waals surface area contributed by atoms with Crippen LogP contribution in [0.5, 0.6) is 5.75 Å². The number of rotatable bonds is 6. The molecule has 12 nitrogen and oxygen atoms in total. The highest BCUT2D eigenvalue weighted by Crippen LogP contribution is 2.51. The molecule has 2 unspecified atom stereocenters. The van der Waals surface area contributed by atoms with Crippen LogP contribution in [0.1, 0.15) is 115 Å². The fraction of sp³-hybridized carbons (Fsp3) is 0.625. The van der Waals surface area contributed by atoms with Gasteiger partial charge in [0.05, 0.1) is 35.2 Å². The zero-order valence-electron chi connectivity index (χ0n) is 31.8. The largest absolute Gasteiger partial charge is 0.593 e. The van der Waals surface area contributed by atoms with Gasteiger partial charge in [0.2, 0.25) is 11.8 Å². The summed E-state index contributed by atoms with van der Waals surface area (Å²) in [5, 5.41) is 6.39. The molecule has 2 aromatic rings. The highest BCUT2D eigenvalue weighted by molar-refractivity contribution is 7.91. The van der Waals surface area contributed by atoms with Crippen LogP contribution < -0.4 is 20.1 Å². The number of carbonyl (C=O) groups is 4. The van der Waals surface area contributed by atoms with Crippen molar-refractivity contribution in [1.82, 2.24) is 25.2 Å². The van der Waals surface area contributed by atoms with Gasteiger partial charge < -0.3 is 29.6 Å². The second-order valence-electron chi connectivity index (χ2n) is 16.4. The molecule has 5 aliphatic rings. The molecule has 4 heterocycles. The fourth-order valence-corrected chi connectivity index (χ4v) is 9.34. The van der Waals surface area contributed by atoms with E-state index in [4.69, 9.17) is 14.5 Å². The molecule has 292 valence electrons. The number of aromatic nitrogens is 1. The maximum Gasteiger partial charge on any atom is 0.408 e.